The number of hydrogen-bond donors (Lipinski definition) is 2. The van der Waals surface area contributed by atoms with Crippen LogP contribution in [0.15, 0.2) is 71.9 Å². The normalized spacial score (nSPS) is 15.6. The van der Waals surface area contributed by atoms with Crippen LogP contribution in [0.3, 0.4) is 0 Å². The molecule has 1 saturated heterocycles. The molecular formula is C31H33FN8O. The predicted octanol–water partition coefficient (Wildman–Crippen LogP) is 5.12. The third-order valence-electron chi connectivity index (χ3n) is 7.58. The van der Waals surface area contributed by atoms with E-state index in [0.29, 0.717) is 28.5 Å². The van der Waals surface area contributed by atoms with Crippen molar-refractivity contribution in [1.82, 2.24) is 29.4 Å². The second-order valence-electron chi connectivity index (χ2n) is 10.8. The second kappa shape index (κ2) is 10.8. The fourth-order valence-electron chi connectivity index (χ4n) is 5.45. The van der Waals surface area contributed by atoms with Crippen molar-refractivity contribution in [1.29, 1.82) is 0 Å². The van der Waals surface area contributed by atoms with Crippen LogP contribution in [0.5, 0.6) is 0 Å². The lowest BCUT2D eigenvalue weighted by Gasteiger charge is -2.36. The van der Waals surface area contributed by atoms with E-state index in [1.54, 1.807) is 23.0 Å². The SMILES string of the molecule is CC1CNCCN1c1ccc(Nc2ncc3cc(-c4ccc(-c5nccn5C)cc4)c(=O)n(C(C)C)c3n2)cc1F. The minimum atomic E-state index is -0.304. The van der Waals surface area contributed by atoms with E-state index < -0.39 is 0 Å². The largest absolute Gasteiger partial charge is 0.364 e. The number of fused-ring (bicyclic) bond motifs is 1. The molecule has 1 aliphatic rings. The van der Waals surface area contributed by atoms with Crippen LogP contribution in [0.2, 0.25) is 0 Å². The van der Waals surface area contributed by atoms with Crippen LogP contribution in [0.25, 0.3) is 33.5 Å². The lowest BCUT2D eigenvalue weighted by Crippen LogP contribution is -2.50. The summed E-state index contributed by atoms with van der Waals surface area (Å²) in [7, 11) is 1.95. The van der Waals surface area contributed by atoms with E-state index in [4.69, 9.17) is 0 Å². The van der Waals surface area contributed by atoms with E-state index in [1.165, 1.54) is 6.07 Å². The van der Waals surface area contributed by atoms with Gasteiger partial charge in [-0.3, -0.25) is 9.36 Å². The molecule has 1 unspecified atom stereocenters. The number of rotatable bonds is 6. The Labute approximate surface area is 237 Å². The average Bonchev–Trinajstić information content (AvgIpc) is 3.39. The predicted molar refractivity (Wildman–Crippen MR) is 161 cm³/mol. The van der Waals surface area contributed by atoms with Crippen LogP contribution in [-0.4, -0.2) is 49.8 Å². The quantitative estimate of drug-likeness (QED) is 0.302. The smallest absolute Gasteiger partial charge is 0.260 e. The third-order valence-corrected chi connectivity index (χ3v) is 7.58. The minimum absolute atomic E-state index is 0.137. The van der Waals surface area contributed by atoms with Gasteiger partial charge in [-0.2, -0.15) is 4.98 Å². The molecule has 0 bridgehead atoms. The molecule has 4 heterocycles. The lowest BCUT2D eigenvalue weighted by atomic mass is 10.0. The summed E-state index contributed by atoms with van der Waals surface area (Å²) in [5, 5.41) is 7.19. The molecule has 1 fully saturated rings. The van der Waals surface area contributed by atoms with Crippen molar-refractivity contribution < 1.29 is 4.39 Å². The van der Waals surface area contributed by atoms with Crippen molar-refractivity contribution in [3.8, 4) is 22.5 Å². The zero-order valence-corrected chi connectivity index (χ0v) is 23.6. The zero-order valence-electron chi connectivity index (χ0n) is 23.6. The number of halogens is 1. The van der Waals surface area contributed by atoms with E-state index in [1.807, 2.05) is 68.1 Å². The number of aryl methyl sites for hydroxylation is 1. The summed E-state index contributed by atoms with van der Waals surface area (Å²) in [5.41, 5.74) is 3.85. The highest BCUT2D eigenvalue weighted by molar-refractivity contribution is 5.82. The molecule has 1 atom stereocenters. The summed E-state index contributed by atoms with van der Waals surface area (Å²) >= 11 is 0. The molecule has 10 heteroatoms. The molecule has 0 amide bonds. The summed E-state index contributed by atoms with van der Waals surface area (Å²) in [4.78, 5) is 29.4. The Kier molecular flexibility index (Phi) is 7.00. The molecule has 210 valence electrons. The van der Waals surface area contributed by atoms with Gasteiger partial charge in [0.25, 0.3) is 5.56 Å². The van der Waals surface area contributed by atoms with Gasteiger partial charge in [0, 0.05) is 79.6 Å². The topological polar surface area (TPSA) is 92.9 Å². The van der Waals surface area contributed by atoms with Crippen LogP contribution >= 0.6 is 0 Å². The molecule has 1 aliphatic heterocycles. The molecule has 0 radical (unpaired) electrons. The van der Waals surface area contributed by atoms with E-state index in [-0.39, 0.29) is 23.5 Å². The Bertz CT molecular complexity index is 1780. The summed E-state index contributed by atoms with van der Waals surface area (Å²) in [6, 6.07) is 14.8. The first-order chi connectivity index (χ1) is 19.8. The molecule has 0 spiro atoms. The number of imidazole rings is 1. The highest BCUT2D eigenvalue weighted by atomic mass is 19.1. The van der Waals surface area contributed by atoms with Crippen LogP contribution in [0, 0.1) is 5.82 Å². The first-order valence-corrected chi connectivity index (χ1v) is 13.8. The van der Waals surface area contributed by atoms with Gasteiger partial charge in [0.05, 0.1) is 5.69 Å². The van der Waals surface area contributed by atoms with E-state index in [0.717, 1.165) is 42.0 Å². The van der Waals surface area contributed by atoms with Gasteiger partial charge in [0.2, 0.25) is 5.95 Å². The van der Waals surface area contributed by atoms with Gasteiger partial charge in [0.15, 0.2) is 0 Å². The Morgan fingerprint density at radius 1 is 1.07 bits per heavy atom. The number of piperazine rings is 1. The first kappa shape index (κ1) is 26.6. The van der Waals surface area contributed by atoms with Crippen molar-refractivity contribution in [3.63, 3.8) is 0 Å². The Hall–Kier alpha value is -4.57. The van der Waals surface area contributed by atoms with Crippen molar-refractivity contribution in [2.45, 2.75) is 32.9 Å². The number of aromatic nitrogens is 5. The molecule has 5 aromatic rings. The summed E-state index contributed by atoms with van der Waals surface area (Å²) < 4.78 is 18.8. The monoisotopic (exact) mass is 552 g/mol. The molecule has 3 aromatic heterocycles. The maximum Gasteiger partial charge on any atom is 0.260 e. The maximum absolute atomic E-state index is 15.1. The highest BCUT2D eigenvalue weighted by Crippen LogP contribution is 2.28. The highest BCUT2D eigenvalue weighted by Gasteiger charge is 2.21. The zero-order chi connectivity index (χ0) is 28.7. The van der Waals surface area contributed by atoms with Crippen molar-refractivity contribution in [2.75, 3.05) is 29.9 Å². The number of benzene rings is 2. The maximum atomic E-state index is 15.1. The van der Waals surface area contributed by atoms with Crippen molar-refractivity contribution in [3.05, 3.63) is 83.3 Å². The molecule has 2 aromatic carbocycles. The summed E-state index contributed by atoms with van der Waals surface area (Å²) in [6.45, 7) is 8.38. The van der Waals surface area contributed by atoms with E-state index in [2.05, 4.69) is 37.4 Å². The van der Waals surface area contributed by atoms with Gasteiger partial charge < -0.3 is 20.1 Å². The van der Waals surface area contributed by atoms with E-state index >= 15 is 4.39 Å². The van der Waals surface area contributed by atoms with Gasteiger partial charge in [-0.05, 0) is 50.6 Å². The number of hydrogen-bond acceptors (Lipinski definition) is 7. The van der Waals surface area contributed by atoms with Crippen LogP contribution in [-0.2, 0) is 7.05 Å². The molecular weight excluding hydrogens is 519 g/mol. The average molecular weight is 553 g/mol. The van der Waals surface area contributed by atoms with Gasteiger partial charge in [-0.1, -0.05) is 24.3 Å². The second-order valence-corrected chi connectivity index (χ2v) is 10.8. The molecule has 2 N–H and O–H groups in total. The minimum Gasteiger partial charge on any atom is -0.364 e. The van der Waals surface area contributed by atoms with Gasteiger partial charge in [-0.25, -0.2) is 14.4 Å². The lowest BCUT2D eigenvalue weighted by molar-refractivity contribution is 0.491. The Morgan fingerprint density at radius 2 is 1.85 bits per heavy atom. The van der Waals surface area contributed by atoms with Crippen LogP contribution < -0.4 is 21.1 Å². The fourth-order valence-corrected chi connectivity index (χ4v) is 5.45. The van der Waals surface area contributed by atoms with Gasteiger partial charge in [-0.15, -0.1) is 0 Å². The molecule has 41 heavy (non-hydrogen) atoms. The Morgan fingerprint density at radius 3 is 2.54 bits per heavy atom. The molecule has 0 saturated carbocycles. The molecule has 9 nitrogen and oxygen atoms in total. The Balaban J connectivity index is 1.32. The number of nitrogens with one attached hydrogen (secondary N) is 2. The van der Waals surface area contributed by atoms with Gasteiger partial charge >= 0.3 is 0 Å². The number of pyridine rings is 1. The fraction of sp³-hybridized carbons (Fsp3) is 0.290. The molecule has 6 rings (SSSR count). The number of nitrogens with zero attached hydrogens (tertiary/aromatic N) is 6. The number of anilines is 3. The standard InChI is InChI=1S/C31H33FN8O/c1-19(2)40-29-23(15-25(30(40)41)21-5-7-22(8-6-21)28-34-12-13-38(28)4)18-35-31(37-29)36-24-9-10-27(26(32)16-24)39-14-11-33-17-20(39)3/h5-10,12-13,15-16,18-20,33H,11,14,17H2,1-4H3,(H,35,36,37). The summed E-state index contributed by atoms with van der Waals surface area (Å²) in [5.74, 6) is 0.847. The summed E-state index contributed by atoms with van der Waals surface area (Å²) in [6.07, 6.45) is 5.36. The molecule has 0 aliphatic carbocycles. The first-order valence-electron chi connectivity index (χ1n) is 13.8. The van der Waals surface area contributed by atoms with Crippen LogP contribution in [0.4, 0.5) is 21.7 Å². The van der Waals surface area contributed by atoms with E-state index in [9.17, 15) is 4.79 Å². The third kappa shape index (κ3) is 5.06. The van der Waals surface area contributed by atoms with Gasteiger partial charge in [0.1, 0.15) is 17.3 Å². The van der Waals surface area contributed by atoms with Crippen molar-refractivity contribution >= 4 is 28.4 Å². The van der Waals surface area contributed by atoms with Crippen LogP contribution in [0.1, 0.15) is 26.8 Å². The van der Waals surface area contributed by atoms with Crippen molar-refractivity contribution in [2.24, 2.45) is 7.05 Å².